The Kier molecular flexibility index (Phi) is 6.35. The van der Waals surface area contributed by atoms with Gasteiger partial charge in [-0.1, -0.05) is 38.3 Å². The summed E-state index contributed by atoms with van der Waals surface area (Å²) >= 11 is 5.90. The van der Waals surface area contributed by atoms with E-state index in [9.17, 15) is 0 Å². The van der Waals surface area contributed by atoms with Crippen molar-refractivity contribution in [2.45, 2.75) is 46.5 Å². The highest BCUT2D eigenvalue weighted by Gasteiger charge is 2.09. The Bertz CT molecular complexity index is 331. The number of hydrogen-bond acceptors (Lipinski definition) is 2. The molecule has 96 valence electrons. The fraction of sp³-hybridized carbons (Fsp3) is 0.643. The second-order valence-corrected chi connectivity index (χ2v) is 4.87. The molecular formula is C14H23ClN2. The van der Waals surface area contributed by atoms with Gasteiger partial charge < -0.3 is 4.90 Å². The molecule has 0 aliphatic carbocycles. The van der Waals surface area contributed by atoms with Crippen LogP contribution in [0.4, 0.5) is 5.69 Å². The minimum Gasteiger partial charge on any atom is -0.370 e. The lowest BCUT2D eigenvalue weighted by Crippen LogP contribution is -2.26. The van der Waals surface area contributed by atoms with Crippen molar-refractivity contribution in [1.29, 1.82) is 0 Å². The summed E-state index contributed by atoms with van der Waals surface area (Å²) in [6.07, 6.45) is 6.81. The summed E-state index contributed by atoms with van der Waals surface area (Å²) in [6, 6.07) is 1.95. The largest absolute Gasteiger partial charge is 0.370 e. The van der Waals surface area contributed by atoms with Gasteiger partial charge in [0, 0.05) is 13.1 Å². The van der Waals surface area contributed by atoms with Crippen molar-refractivity contribution in [3.63, 3.8) is 0 Å². The van der Waals surface area contributed by atoms with E-state index in [1.165, 1.54) is 36.9 Å². The maximum atomic E-state index is 5.90. The number of anilines is 1. The summed E-state index contributed by atoms with van der Waals surface area (Å²) in [5, 5.41) is 0.581. The summed E-state index contributed by atoms with van der Waals surface area (Å²) in [7, 11) is 0. The SMILES string of the molecule is CCCCN(CCCC)c1cnc(Cl)cc1C. The zero-order valence-corrected chi connectivity index (χ0v) is 11.9. The second kappa shape index (κ2) is 7.54. The van der Waals surface area contributed by atoms with Gasteiger partial charge in [0.25, 0.3) is 0 Å². The van der Waals surface area contributed by atoms with Crippen molar-refractivity contribution in [2.75, 3.05) is 18.0 Å². The molecule has 0 aromatic carbocycles. The van der Waals surface area contributed by atoms with E-state index in [-0.39, 0.29) is 0 Å². The molecule has 0 bridgehead atoms. The molecule has 0 aliphatic rings. The van der Waals surface area contributed by atoms with Crippen molar-refractivity contribution in [3.05, 3.63) is 23.0 Å². The molecule has 0 atom stereocenters. The average molecular weight is 255 g/mol. The third-order valence-corrected chi connectivity index (χ3v) is 3.16. The van der Waals surface area contributed by atoms with Crippen molar-refractivity contribution in [1.82, 2.24) is 4.98 Å². The Morgan fingerprint density at radius 2 is 1.76 bits per heavy atom. The number of aromatic nitrogens is 1. The van der Waals surface area contributed by atoms with E-state index < -0.39 is 0 Å². The maximum Gasteiger partial charge on any atom is 0.129 e. The van der Waals surface area contributed by atoms with E-state index in [1.54, 1.807) is 0 Å². The summed E-state index contributed by atoms with van der Waals surface area (Å²) in [6.45, 7) is 8.78. The Hall–Kier alpha value is -0.760. The number of hydrogen-bond donors (Lipinski definition) is 0. The molecule has 3 heteroatoms. The minimum atomic E-state index is 0.581. The minimum absolute atomic E-state index is 0.581. The first kappa shape index (κ1) is 14.3. The molecule has 0 spiro atoms. The molecule has 2 nitrogen and oxygen atoms in total. The normalized spacial score (nSPS) is 10.6. The average Bonchev–Trinajstić information content (AvgIpc) is 2.30. The third kappa shape index (κ3) is 4.55. The highest BCUT2D eigenvalue weighted by atomic mass is 35.5. The summed E-state index contributed by atoms with van der Waals surface area (Å²) in [5.41, 5.74) is 2.45. The van der Waals surface area contributed by atoms with Gasteiger partial charge in [-0.25, -0.2) is 4.98 Å². The summed E-state index contributed by atoms with van der Waals surface area (Å²) in [5.74, 6) is 0. The topological polar surface area (TPSA) is 16.1 Å². The first-order valence-corrected chi connectivity index (χ1v) is 6.94. The lowest BCUT2D eigenvalue weighted by atomic mass is 10.2. The van der Waals surface area contributed by atoms with Gasteiger partial charge in [-0.2, -0.15) is 0 Å². The molecule has 1 heterocycles. The smallest absolute Gasteiger partial charge is 0.129 e. The summed E-state index contributed by atoms with van der Waals surface area (Å²) < 4.78 is 0. The first-order chi connectivity index (χ1) is 8.19. The molecule has 0 amide bonds. The van der Waals surface area contributed by atoms with E-state index in [4.69, 9.17) is 11.6 Å². The lowest BCUT2D eigenvalue weighted by molar-refractivity contribution is 0.675. The highest BCUT2D eigenvalue weighted by molar-refractivity contribution is 6.29. The number of nitrogens with zero attached hydrogens (tertiary/aromatic N) is 2. The Balaban J connectivity index is 2.79. The van der Waals surface area contributed by atoms with Crippen LogP contribution in [0.2, 0.25) is 5.15 Å². The predicted molar refractivity (Wildman–Crippen MR) is 76.0 cm³/mol. The van der Waals surface area contributed by atoms with Gasteiger partial charge >= 0.3 is 0 Å². The van der Waals surface area contributed by atoms with Gasteiger partial charge in [0.2, 0.25) is 0 Å². The van der Waals surface area contributed by atoms with Crippen LogP contribution >= 0.6 is 11.6 Å². The Morgan fingerprint density at radius 3 is 2.24 bits per heavy atom. The van der Waals surface area contributed by atoms with Crippen molar-refractivity contribution in [2.24, 2.45) is 0 Å². The van der Waals surface area contributed by atoms with Gasteiger partial charge in [0.15, 0.2) is 0 Å². The first-order valence-electron chi connectivity index (χ1n) is 6.56. The zero-order valence-electron chi connectivity index (χ0n) is 11.2. The monoisotopic (exact) mass is 254 g/mol. The molecule has 1 rings (SSSR count). The maximum absolute atomic E-state index is 5.90. The number of unbranched alkanes of at least 4 members (excludes halogenated alkanes) is 2. The fourth-order valence-corrected chi connectivity index (χ4v) is 2.11. The van der Waals surface area contributed by atoms with E-state index in [2.05, 4.69) is 30.7 Å². The van der Waals surface area contributed by atoms with Crippen LogP contribution in [0, 0.1) is 6.92 Å². The van der Waals surface area contributed by atoms with Crippen LogP contribution < -0.4 is 4.90 Å². The Labute approximate surface area is 110 Å². The van der Waals surface area contributed by atoms with Crippen LogP contribution in [0.15, 0.2) is 12.3 Å². The summed E-state index contributed by atoms with van der Waals surface area (Å²) in [4.78, 5) is 6.64. The molecule has 0 saturated heterocycles. The van der Waals surface area contributed by atoms with Crippen LogP contribution in [0.3, 0.4) is 0 Å². The molecule has 0 saturated carbocycles. The molecule has 0 radical (unpaired) electrons. The lowest BCUT2D eigenvalue weighted by Gasteiger charge is -2.26. The molecular weight excluding hydrogens is 232 g/mol. The van der Waals surface area contributed by atoms with Crippen LogP contribution in [0.1, 0.15) is 45.1 Å². The fourth-order valence-electron chi connectivity index (χ4n) is 1.90. The van der Waals surface area contributed by atoms with Crippen molar-refractivity contribution >= 4 is 17.3 Å². The highest BCUT2D eigenvalue weighted by Crippen LogP contribution is 2.22. The van der Waals surface area contributed by atoms with Gasteiger partial charge in [0.1, 0.15) is 5.15 Å². The van der Waals surface area contributed by atoms with Gasteiger partial charge in [-0.05, 0) is 31.4 Å². The number of aryl methyl sites for hydroxylation is 1. The molecule has 0 N–H and O–H groups in total. The Morgan fingerprint density at radius 1 is 1.18 bits per heavy atom. The second-order valence-electron chi connectivity index (χ2n) is 4.49. The third-order valence-electron chi connectivity index (χ3n) is 2.95. The van der Waals surface area contributed by atoms with Crippen molar-refractivity contribution < 1.29 is 0 Å². The van der Waals surface area contributed by atoms with E-state index in [0.717, 1.165) is 13.1 Å². The van der Waals surface area contributed by atoms with Gasteiger partial charge in [-0.15, -0.1) is 0 Å². The zero-order chi connectivity index (χ0) is 12.7. The molecule has 1 aromatic heterocycles. The molecule has 0 aliphatic heterocycles. The van der Waals surface area contributed by atoms with E-state index >= 15 is 0 Å². The van der Waals surface area contributed by atoms with Gasteiger partial charge in [0.05, 0.1) is 11.9 Å². The van der Waals surface area contributed by atoms with E-state index in [1.807, 2.05) is 12.3 Å². The standard InChI is InChI=1S/C14H23ClN2/c1-4-6-8-17(9-7-5-2)13-11-16-14(15)10-12(13)3/h10-11H,4-9H2,1-3H3. The van der Waals surface area contributed by atoms with Crippen LogP contribution in [0.25, 0.3) is 0 Å². The molecule has 0 unspecified atom stereocenters. The van der Waals surface area contributed by atoms with Crippen LogP contribution in [-0.2, 0) is 0 Å². The predicted octanol–water partition coefficient (Wildman–Crippen LogP) is 4.45. The molecule has 17 heavy (non-hydrogen) atoms. The van der Waals surface area contributed by atoms with E-state index in [0.29, 0.717) is 5.15 Å². The quantitative estimate of drug-likeness (QED) is 0.669. The number of pyridine rings is 1. The van der Waals surface area contributed by atoms with Crippen molar-refractivity contribution in [3.8, 4) is 0 Å². The number of rotatable bonds is 7. The van der Waals surface area contributed by atoms with Crippen LogP contribution in [0.5, 0.6) is 0 Å². The van der Waals surface area contributed by atoms with Gasteiger partial charge in [-0.3, -0.25) is 0 Å². The number of halogens is 1. The van der Waals surface area contributed by atoms with Crippen LogP contribution in [-0.4, -0.2) is 18.1 Å². The molecule has 0 fully saturated rings. The molecule has 1 aromatic rings.